The van der Waals surface area contributed by atoms with E-state index in [1.807, 2.05) is 22.6 Å². The molecule has 2 aromatic rings. The van der Waals surface area contributed by atoms with Gasteiger partial charge in [0.25, 0.3) is 0 Å². The largest absolute Gasteiger partial charge is 0.410 e. The maximum Gasteiger partial charge on any atom is 0.410 e. The van der Waals surface area contributed by atoms with Crippen molar-refractivity contribution in [2.24, 2.45) is 12.8 Å². The van der Waals surface area contributed by atoms with Crippen LogP contribution in [-0.2, 0) is 11.8 Å². The van der Waals surface area contributed by atoms with Gasteiger partial charge in [-0.25, -0.2) is 9.78 Å². The van der Waals surface area contributed by atoms with Crippen molar-refractivity contribution in [2.45, 2.75) is 25.8 Å². The van der Waals surface area contributed by atoms with E-state index in [2.05, 4.69) is 4.98 Å². The number of amides is 2. The molecule has 1 aliphatic rings. The lowest BCUT2D eigenvalue weighted by atomic mass is 10.2. The molecule has 22 heavy (non-hydrogen) atoms. The number of nitrogens with two attached hydrogens (primary N) is 1. The maximum atomic E-state index is 11.8. The molecule has 1 aromatic carbocycles. The molecular formula is C15H18N4O3. The number of carbonyl (C=O) groups excluding carboxylic acids is 2. The van der Waals surface area contributed by atoms with E-state index in [0.29, 0.717) is 11.3 Å². The highest BCUT2D eigenvalue weighted by Gasteiger charge is 2.31. The highest BCUT2D eigenvalue weighted by atomic mass is 16.5. The summed E-state index contributed by atoms with van der Waals surface area (Å²) in [5.74, 6) is 1.17. The molecule has 1 atom stereocenters. The maximum absolute atomic E-state index is 11.8. The Morgan fingerprint density at radius 2 is 2.18 bits per heavy atom. The number of carbonyl (C=O) groups is 2. The Morgan fingerprint density at radius 3 is 2.86 bits per heavy atom. The van der Waals surface area contributed by atoms with Gasteiger partial charge in [0.05, 0.1) is 11.6 Å². The van der Waals surface area contributed by atoms with E-state index in [-0.39, 0.29) is 11.9 Å². The van der Waals surface area contributed by atoms with Gasteiger partial charge in [0.15, 0.2) is 5.75 Å². The van der Waals surface area contributed by atoms with Crippen LogP contribution in [0.2, 0.25) is 0 Å². The first-order chi connectivity index (χ1) is 10.5. The van der Waals surface area contributed by atoms with Crippen LogP contribution in [0.5, 0.6) is 5.75 Å². The Morgan fingerprint density at radius 1 is 1.41 bits per heavy atom. The number of fused-ring (bicyclic) bond motifs is 1. The minimum Gasteiger partial charge on any atom is -0.408 e. The second-order valence-electron chi connectivity index (χ2n) is 5.44. The lowest BCUT2D eigenvalue weighted by molar-refractivity contribution is -0.129. The first-order valence-corrected chi connectivity index (χ1v) is 7.19. The van der Waals surface area contributed by atoms with Gasteiger partial charge in [-0.15, -0.1) is 0 Å². The Bertz CT molecular complexity index is 753. The molecule has 1 fully saturated rings. The molecule has 7 nitrogen and oxygen atoms in total. The summed E-state index contributed by atoms with van der Waals surface area (Å²) in [6.45, 7) is 2.32. The second-order valence-corrected chi connectivity index (χ2v) is 5.44. The lowest BCUT2D eigenvalue weighted by Crippen LogP contribution is -2.29. The molecule has 2 heterocycles. The number of hydrogen-bond donors (Lipinski definition) is 1. The van der Waals surface area contributed by atoms with Crippen LogP contribution in [0.4, 0.5) is 4.79 Å². The third-order valence-electron chi connectivity index (χ3n) is 4.07. The fourth-order valence-electron chi connectivity index (χ4n) is 3.11. The molecule has 1 aromatic heterocycles. The van der Waals surface area contributed by atoms with Crippen LogP contribution in [0.3, 0.4) is 0 Å². The number of nitrogens with zero attached hydrogens (tertiary/aromatic N) is 3. The first kappa shape index (κ1) is 14.4. The average Bonchev–Trinajstić information content (AvgIpc) is 3.04. The van der Waals surface area contributed by atoms with E-state index in [4.69, 9.17) is 10.5 Å². The summed E-state index contributed by atoms with van der Waals surface area (Å²) in [5.41, 5.74) is 6.51. The summed E-state index contributed by atoms with van der Waals surface area (Å²) in [6, 6.07) is 5.29. The first-order valence-electron chi connectivity index (χ1n) is 7.19. The molecule has 0 radical (unpaired) electrons. The predicted molar refractivity (Wildman–Crippen MR) is 80.3 cm³/mol. The van der Waals surface area contributed by atoms with Gasteiger partial charge in [-0.05, 0) is 25.0 Å². The average molecular weight is 302 g/mol. The number of aromatic nitrogens is 2. The van der Waals surface area contributed by atoms with Crippen LogP contribution in [0.1, 0.15) is 31.6 Å². The minimum absolute atomic E-state index is 0.0446. The van der Waals surface area contributed by atoms with E-state index < -0.39 is 6.09 Å². The molecular weight excluding hydrogens is 284 g/mol. The Balaban J connectivity index is 2.10. The van der Waals surface area contributed by atoms with Crippen molar-refractivity contribution in [1.82, 2.24) is 14.5 Å². The molecule has 1 aliphatic heterocycles. The van der Waals surface area contributed by atoms with Gasteiger partial charge >= 0.3 is 6.09 Å². The number of primary amides is 1. The summed E-state index contributed by atoms with van der Waals surface area (Å²) in [5, 5.41) is 0. The predicted octanol–water partition coefficient (Wildman–Crippen LogP) is 1.71. The van der Waals surface area contributed by atoms with Gasteiger partial charge in [0, 0.05) is 20.5 Å². The fraction of sp³-hybridized carbons (Fsp3) is 0.400. The number of benzene rings is 1. The van der Waals surface area contributed by atoms with Crippen LogP contribution in [-0.4, -0.2) is 33.0 Å². The Labute approximate surface area is 127 Å². The van der Waals surface area contributed by atoms with Crippen LogP contribution in [0, 0.1) is 0 Å². The van der Waals surface area contributed by atoms with Crippen molar-refractivity contribution in [3.8, 4) is 5.75 Å². The normalized spacial score (nSPS) is 17.9. The Hall–Kier alpha value is -2.57. The van der Waals surface area contributed by atoms with Gasteiger partial charge in [-0.1, -0.05) is 6.07 Å². The van der Waals surface area contributed by atoms with Gasteiger partial charge in [-0.2, -0.15) is 0 Å². The zero-order valence-electron chi connectivity index (χ0n) is 12.6. The highest BCUT2D eigenvalue weighted by Crippen LogP contribution is 2.34. The number of rotatable bonds is 2. The smallest absolute Gasteiger partial charge is 0.408 e. The summed E-state index contributed by atoms with van der Waals surface area (Å²) in [4.78, 5) is 29.2. The molecule has 1 saturated heterocycles. The molecule has 0 spiro atoms. The lowest BCUT2D eigenvalue weighted by Gasteiger charge is -2.22. The molecule has 0 bridgehead atoms. The number of para-hydroxylation sites is 1. The summed E-state index contributed by atoms with van der Waals surface area (Å²) >= 11 is 0. The molecule has 116 valence electrons. The fourth-order valence-corrected chi connectivity index (χ4v) is 3.11. The van der Waals surface area contributed by atoms with Crippen LogP contribution in [0.25, 0.3) is 11.0 Å². The number of ether oxygens (including phenoxy) is 1. The third-order valence-corrected chi connectivity index (χ3v) is 4.07. The zero-order chi connectivity index (χ0) is 15.9. The zero-order valence-corrected chi connectivity index (χ0v) is 12.6. The van der Waals surface area contributed by atoms with Gasteiger partial charge in [-0.3, -0.25) is 4.79 Å². The van der Waals surface area contributed by atoms with Crippen molar-refractivity contribution in [1.29, 1.82) is 0 Å². The van der Waals surface area contributed by atoms with E-state index in [1.54, 1.807) is 19.1 Å². The van der Waals surface area contributed by atoms with Crippen LogP contribution in [0.15, 0.2) is 18.2 Å². The van der Waals surface area contributed by atoms with Crippen molar-refractivity contribution >= 4 is 23.0 Å². The van der Waals surface area contributed by atoms with E-state index >= 15 is 0 Å². The van der Waals surface area contributed by atoms with Crippen molar-refractivity contribution < 1.29 is 14.3 Å². The quantitative estimate of drug-likeness (QED) is 0.914. The number of aryl methyl sites for hydroxylation is 1. The van der Waals surface area contributed by atoms with Crippen LogP contribution >= 0.6 is 0 Å². The van der Waals surface area contributed by atoms with Gasteiger partial charge < -0.3 is 19.9 Å². The van der Waals surface area contributed by atoms with Crippen LogP contribution < -0.4 is 10.5 Å². The SMILES string of the molecule is CC(=O)N1CCCC1c1nc2c(OC(N)=O)cccc2n1C. The molecule has 2 amide bonds. The standard InChI is InChI=1S/C15H18N4O3/c1-9(20)19-8-4-6-11(19)14-17-13-10(18(14)2)5-3-7-12(13)22-15(16)21/h3,5,7,11H,4,6,8H2,1-2H3,(H2,16,21). The summed E-state index contributed by atoms with van der Waals surface area (Å²) in [6.07, 6.45) is 0.965. The van der Waals surface area contributed by atoms with E-state index in [1.165, 1.54) is 0 Å². The molecule has 2 N–H and O–H groups in total. The summed E-state index contributed by atoms with van der Waals surface area (Å²) in [7, 11) is 1.90. The van der Waals surface area contributed by atoms with Crippen molar-refractivity contribution in [3.63, 3.8) is 0 Å². The number of hydrogen-bond acceptors (Lipinski definition) is 4. The topological polar surface area (TPSA) is 90.5 Å². The molecule has 7 heteroatoms. The monoisotopic (exact) mass is 302 g/mol. The third kappa shape index (κ3) is 2.28. The highest BCUT2D eigenvalue weighted by molar-refractivity contribution is 5.85. The van der Waals surface area contributed by atoms with Gasteiger partial charge in [0.2, 0.25) is 5.91 Å². The van der Waals surface area contributed by atoms with E-state index in [0.717, 1.165) is 30.7 Å². The minimum atomic E-state index is -0.870. The molecule has 3 rings (SSSR count). The number of imidazole rings is 1. The Kier molecular flexibility index (Phi) is 3.48. The molecule has 1 unspecified atom stereocenters. The molecule has 0 aliphatic carbocycles. The van der Waals surface area contributed by atoms with Gasteiger partial charge in [0.1, 0.15) is 11.3 Å². The molecule has 0 saturated carbocycles. The second kappa shape index (κ2) is 5.32. The summed E-state index contributed by atoms with van der Waals surface area (Å²) < 4.78 is 6.95. The van der Waals surface area contributed by atoms with Crippen molar-refractivity contribution in [3.05, 3.63) is 24.0 Å². The number of likely N-dealkylation sites (tertiary alicyclic amines) is 1. The van der Waals surface area contributed by atoms with E-state index in [9.17, 15) is 9.59 Å². The van der Waals surface area contributed by atoms with Crippen molar-refractivity contribution in [2.75, 3.05) is 6.54 Å².